The largest absolute Gasteiger partial charge is 0.339 e. The number of imide groups is 2. The number of anilines is 1. The Morgan fingerprint density at radius 2 is 1.65 bits per heavy atom. The van der Waals surface area contributed by atoms with Crippen molar-refractivity contribution >= 4 is 39.3 Å². The highest BCUT2D eigenvalue weighted by molar-refractivity contribution is 7.91. The van der Waals surface area contributed by atoms with Gasteiger partial charge in [0.15, 0.2) is 9.84 Å². The lowest BCUT2D eigenvalue weighted by molar-refractivity contribution is -0.143. The number of rotatable bonds is 5. The van der Waals surface area contributed by atoms with Gasteiger partial charge in [-0.15, -0.1) is 0 Å². The van der Waals surface area contributed by atoms with Gasteiger partial charge in [-0.05, 0) is 38.3 Å². The molecule has 0 bridgehead atoms. The van der Waals surface area contributed by atoms with Gasteiger partial charge in [0.2, 0.25) is 5.91 Å². The fourth-order valence-electron chi connectivity index (χ4n) is 4.67. The monoisotopic (exact) mass is 447 g/mol. The molecule has 1 atom stereocenters. The summed E-state index contributed by atoms with van der Waals surface area (Å²) in [7, 11) is -3.21. The van der Waals surface area contributed by atoms with E-state index in [1.54, 1.807) is 29.2 Å². The first-order valence-corrected chi connectivity index (χ1v) is 12.3. The molecule has 4 rings (SSSR count). The van der Waals surface area contributed by atoms with E-state index >= 15 is 0 Å². The minimum absolute atomic E-state index is 0.0232. The van der Waals surface area contributed by atoms with Gasteiger partial charge < -0.3 is 4.90 Å². The maximum atomic E-state index is 13.2. The van der Waals surface area contributed by atoms with E-state index in [0.29, 0.717) is 11.3 Å². The minimum atomic E-state index is -3.21. The molecule has 31 heavy (non-hydrogen) atoms. The second-order valence-corrected chi connectivity index (χ2v) is 10.7. The van der Waals surface area contributed by atoms with Crippen molar-refractivity contribution in [3.8, 4) is 0 Å². The second-order valence-electron chi connectivity index (χ2n) is 8.45. The fourth-order valence-corrected chi connectivity index (χ4v) is 6.38. The molecule has 0 N–H and O–H groups in total. The molecule has 2 heterocycles. The maximum absolute atomic E-state index is 13.2. The number of sulfone groups is 1. The summed E-state index contributed by atoms with van der Waals surface area (Å²) in [6.07, 6.45) is 3.75. The van der Waals surface area contributed by atoms with Crippen LogP contribution in [0.15, 0.2) is 24.3 Å². The first kappa shape index (κ1) is 21.5. The van der Waals surface area contributed by atoms with E-state index in [1.807, 2.05) is 6.92 Å². The molecule has 0 unspecified atom stereocenters. The van der Waals surface area contributed by atoms with E-state index in [4.69, 9.17) is 0 Å². The lowest BCUT2D eigenvalue weighted by Gasteiger charge is -2.34. The highest BCUT2D eigenvalue weighted by Gasteiger charge is 2.48. The van der Waals surface area contributed by atoms with Crippen LogP contribution in [0.4, 0.5) is 10.5 Å². The second kappa shape index (κ2) is 8.07. The summed E-state index contributed by atoms with van der Waals surface area (Å²) < 4.78 is 24.0. The van der Waals surface area contributed by atoms with Crippen LogP contribution in [-0.2, 0) is 24.2 Å². The molecule has 10 heteroatoms. The van der Waals surface area contributed by atoms with Crippen molar-refractivity contribution in [1.82, 2.24) is 9.80 Å². The Kier molecular flexibility index (Phi) is 5.59. The number of aryl methyl sites for hydroxylation is 1. The Morgan fingerprint density at radius 3 is 2.23 bits per heavy atom. The SMILES string of the molecule is Cc1ccc(N2C(=O)C(=O)N(CC(=O)N(C3CCCC3)[C@H]3CCS(=O)(=O)C3)C2=O)cc1. The number of amides is 5. The molecule has 1 aromatic carbocycles. The average molecular weight is 448 g/mol. The summed E-state index contributed by atoms with van der Waals surface area (Å²) in [6, 6.07) is 5.14. The van der Waals surface area contributed by atoms with Gasteiger partial charge in [-0.1, -0.05) is 30.5 Å². The molecule has 1 aromatic rings. The van der Waals surface area contributed by atoms with Gasteiger partial charge in [0.05, 0.1) is 17.2 Å². The third-order valence-corrected chi connectivity index (χ3v) is 8.00. The van der Waals surface area contributed by atoms with E-state index in [1.165, 1.54) is 0 Å². The molecule has 0 spiro atoms. The van der Waals surface area contributed by atoms with E-state index in [-0.39, 0.29) is 23.2 Å². The Hall–Kier alpha value is -2.75. The molecule has 9 nitrogen and oxygen atoms in total. The fraction of sp³-hybridized carbons (Fsp3) is 0.524. The van der Waals surface area contributed by atoms with Crippen molar-refractivity contribution in [2.45, 2.75) is 51.1 Å². The Labute approximate surface area is 180 Å². The molecular formula is C21H25N3O6S. The maximum Gasteiger partial charge on any atom is 0.339 e. The Bertz CT molecular complexity index is 1030. The van der Waals surface area contributed by atoms with Crippen molar-refractivity contribution in [3.63, 3.8) is 0 Å². The highest BCUT2D eigenvalue weighted by Crippen LogP contribution is 2.30. The normalized spacial score (nSPS) is 23.8. The molecule has 2 saturated heterocycles. The van der Waals surface area contributed by atoms with Crippen LogP contribution in [0.25, 0.3) is 0 Å². The van der Waals surface area contributed by atoms with Gasteiger partial charge in [0, 0.05) is 12.1 Å². The van der Waals surface area contributed by atoms with Crippen molar-refractivity contribution in [2.24, 2.45) is 0 Å². The minimum Gasteiger partial charge on any atom is -0.334 e. The van der Waals surface area contributed by atoms with Crippen LogP contribution in [0.5, 0.6) is 0 Å². The molecular weight excluding hydrogens is 422 g/mol. The Morgan fingerprint density at radius 1 is 1.00 bits per heavy atom. The van der Waals surface area contributed by atoms with Gasteiger partial charge >= 0.3 is 17.8 Å². The number of carbonyl (C=O) groups is 4. The zero-order valence-corrected chi connectivity index (χ0v) is 18.1. The van der Waals surface area contributed by atoms with Gasteiger partial charge in [-0.3, -0.25) is 14.4 Å². The number of urea groups is 1. The predicted octanol–water partition coefficient (Wildman–Crippen LogP) is 1.25. The van der Waals surface area contributed by atoms with Crippen LogP contribution < -0.4 is 4.90 Å². The summed E-state index contributed by atoms with van der Waals surface area (Å²) in [5.41, 5.74) is 1.19. The third kappa shape index (κ3) is 4.08. The number of carbonyl (C=O) groups excluding carboxylic acids is 4. The van der Waals surface area contributed by atoms with Crippen LogP contribution in [-0.4, -0.2) is 72.1 Å². The van der Waals surface area contributed by atoms with E-state index in [9.17, 15) is 27.6 Å². The first-order valence-electron chi connectivity index (χ1n) is 10.5. The van der Waals surface area contributed by atoms with Gasteiger partial charge in [0.25, 0.3) is 0 Å². The van der Waals surface area contributed by atoms with E-state index in [2.05, 4.69) is 0 Å². The molecule has 1 aliphatic carbocycles. The lowest BCUT2D eigenvalue weighted by atomic mass is 10.1. The zero-order valence-electron chi connectivity index (χ0n) is 17.3. The summed E-state index contributed by atoms with van der Waals surface area (Å²) in [5.74, 6) is -2.63. The van der Waals surface area contributed by atoms with Crippen LogP contribution in [0.3, 0.4) is 0 Å². The lowest BCUT2D eigenvalue weighted by Crippen LogP contribution is -2.51. The van der Waals surface area contributed by atoms with E-state index in [0.717, 1.165) is 36.1 Å². The highest BCUT2D eigenvalue weighted by atomic mass is 32.2. The first-order chi connectivity index (χ1) is 14.7. The van der Waals surface area contributed by atoms with Gasteiger partial charge in [0.1, 0.15) is 6.54 Å². The quantitative estimate of drug-likeness (QED) is 0.496. The van der Waals surface area contributed by atoms with Crippen molar-refractivity contribution in [2.75, 3.05) is 23.0 Å². The molecule has 0 aromatic heterocycles. The summed E-state index contributed by atoms with van der Waals surface area (Å²) >= 11 is 0. The zero-order chi connectivity index (χ0) is 22.3. The van der Waals surface area contributed by atoms with Crippen molar-refractivity contribution in [3.05, 3.63) is 29.8 Å². The summed E-state index contributed by atoms with van der Waals surface area (Å²) in [4.78, 5) is 54.1. The molecule has 166 valence electrons. The summed E-state index contributed by atoms with van der Waals surface area (Å²) in [5, 5.41) is 0. The molecule has 2 aliphatic heterocycles. The Balaban J connectivity index is 1.55. The van der Waals surface area contributed by atoms with Crippen LogP contribution in [0.2, 0.25) is 0 Å². The molecule has 1 saturated carbocycles. The number of hydrogen-bond acceptors (Lipinski definition) is 6. The van der Waals surface area contributed by atoms with E-state index < -0.39 is 46.2 Å². The van der Waals surface area contributed by atoms with Crippen molar-refractivity contribution < 1.29 is 27.6 Å². The van der Waals surface area contributed by atoms with Crippen LogP contribution in [0.1, 0.15) is 37.7 Å². The number of benzene rings is 1. The molecule has 5 amide bonds. The topological polar surface area (TPSA) is 112 Å². The molecule has 0 radical (unpaired) electrons. The van der Waals surface area contributed by atoms with Crippen LogP contribution >= 0.6 is 0 Å². The molecule has 3 aliphatic rings. The molecule has 3 fully saturated rings. The summed E-state index contributed by atoms with van der Waals surface area (Å²) in [6.45, 7) is 1.28. The number of nitrogens with zero attached hydrogens (tertiary/aromatic N) is 3. The smallest absolute Gasteiger partial charge is 0.334 e. The van der Waals surface area contributed by atoms with Gasteiger partial charge in [-0.25, -0.2) is 23.0 Å². The van der Waals surface area contributed by atoms with Gasteiger partial charge in [-0.2, -0.15) is 0 Å². The number of hydrogen-bond donors (Lipinski definition) is 0. The predicted molar refractivity (Wildman–Crippen MR) is 112 cm³/mol. The average Bonchev–Trinajstić information content (AvgIpc) is 3.41. The van der Waals surface area contributed by atoms with Crippen molar-refractivity contribution in [1.29, 1.82) is 0 Å². The third-order valence-electron chi connectivity index (χ3n) is 6.25. The standard InChI is InChI=1S/C21H25N3O6S/c1-14-6-8-16(9-7-14)24-20(27)19(26)22(21(24)28)12-18(25)23(15-4-2-3-5-15)17-10-11-31(29,30)13-17/h6-9,15,17H,2-5,10-13H2,1H3/t17-/m0/s1. The van der Waals surface area contributed by atoms with Crippen LogP contribution in [0, 0.1) is 6.92 Å².